The summed E-state index contributed by atoms with van der Waals surface area (Å²) >= 11 is 5.63. The van der Waals surface area contributed by atoms with Crippen LogP contribution in [0.25, 0.3) is 27.6 Å². The average molecular weight is 470 g/mol. The molecule has 1 aliphatic heterocycles. The molecule has 0 bridgehead atoms. The number of aromatic amines is 1. The van der Waals surface area contributed by atoms with Crippen LogP contribution in [0.2, 0.25) is 0 Å². The van der Waals surface area contributed by atoms with E-state index in [9.17, 15) is 4.79 Å². The van der Waals surface area contributed by atoms with Gasteiger partial charge in [0.25, 0.3) is 5.91 Å². The number of piperazine rings is 1. The number of aromatic nitrogens is 3. The molecule has 1 amide bonds. The van der Waals surface area contributed by atoms with Crippen molar-refractivity contribution in [2.24, 2.45) is 0 Å². The first-order valence-corrected chi connectivity index (χ1v) is 11.7. The minimum absolute atomic E-state index is 0.0225. The Morgan fingerprint density at radius 2 is 1.76 bits per heavy atom. The van der Waals surface area contributed by atoms with Gasteiger partial charge in [-0.05, 0) is 54.7 Å². The van der Waals surface area contributed by atoms with Gasteiger partial charge in [-0.15, -0.1) is 0 Å². The van der Waals surface area contributed by atoms with Gasteiger partial charge in [-0.1, -0.05) is 24.3 Å². The fraction of sp³-hybridized carbons (Fsp3) is 0.192. The predicted octanol–water partition coefficient (Wildman–Crippen LogP) is 4.67. The molecule has 5 aromatic rings. The van der Waals surface area contributed by atoms with Gasteiger partial charge in [-0.2, -0.15) is 0 Å². The third kappa shape index (κ3) is 3.30. The van der Waals surface area contributed by atoms with E-state index >= 15 is 0 Å². The standard InChI is InChI=1S/C26H23N5O2S/c1-33-23-9-5-4-8-22(23)29-12-14-30(15-13-29)25(32)17-10-11-18-20(16-17)28-26(34)31-21-7-3-2-6-19(21)27-24(18)31/h2-11,16H,12-15H2,1H3,(H,28,34). The number of hydrogen-bond acceptors (Lipinski definition) is 5. The monoisotopic (exact) mass is 469 g/mol. The number of nitrogens with one attached hydrogen (secondary N) is 1. The van der Waals surface area contributed by atoms with Crippen LogP contribution in [0, 0.1) is 4.77 Å². The molecule has 0 radical (unpaired) electrons. The third-order valence-electron chi connectivity index (χ3n) is 6.51. The molecule has 1 fully saturated rings. The molecule has 1 aliphatic rings. The molecular formula is C26H23N5O2S. The van der Waals surface area contributed by atoms with Crippen molar-refractivity contribution in [3.63, 3.8) is 0 Å². The molecule has 0 aliphatic carbocycles. The Morgan fingerprint density at radius 1 is 1.00 bits per heavy atom. The van der Waals surface area contributed by atoms with Crippen LogP contribution in [0.1, 0.15) is 10.4 Å². The van der Waals surface area contributed by atoms with Crippen LogP contribution in [-0.4, -0.2) is 58.5 Å². The molecule has 8 heteroatoms. The molecule has 0 saturated carbocycles. The normalized spacial score (nSPS) is 14.3. The van der Waals surface area contributed by atoms with Gasteiger partial charge in [0.05, 0.1) is 29.3 Å². The molecule has 0 spiro atoms. The summed E-state index contributed by atoms with van der Waals surface area (Å²) in [5, 5.41) is 0.933. The quantitative estimate of drug-likeness (QED) is 0.389. The second-order valence-electron chi connectivity index (χ2n) is 8.40. The van der Waals surface area contributed by atoms with E-state index < -0.39 is 0 Å². The summed E-state index contributed by atoms with van der Waals surface area (Å²) in [6.07, 6.45) is 0. The molecule has 6 rings (SSSR count). The molecule has 0 unspecified atom stereocenters. The van der Waals surface area contributed by atoms with E-state index in [4.69, 9.17) is 21.9 Å². The summed E-state index contributed by atoms with van der Waals surface area (Å²) in [4.78, 5) is 25.6. The van der Waals surface area contributed by atoms with Gasteiger partial charge >= 0.3 is 0 Å². The lowest BCUT2D eigenvalue weighted by Gasteiger charge is -2.36. The Labute approximate surface area is 201 Å². The highest BCUT2D eigenvalue weighted by molar-refractivity contribution is 7.71. The van der Waals surface area contributed by atoms with Crippen molar-refractivity contribution >= 4 is 51.4 Å². The number of rotatable bonds is 3. The summed E-state index contributed by atoms with van der Waals surface area (Å²) < 4.78 is 8.01. The summed E-state index contributed by atoms with van der Waals surface area (Å²) in [5.41, 5.74) is 5.17. The van der Waals surface area contributed by atoms with Crippen molar-refractivity contribution in [1.29, 1.82) is 0 Å². The van der Waals surface area contributed by atoms with Crippen molar-refractivity contribution in [1.82, 2.24) is 19.3 Å². The smallest absolute Gasteiger partial charge is 0.254 e. The molecule has 3 aromatic carbocycles. The number of amides is 1. The number of para-hydroxylation sites is 4. The zero-order valence-corrected chi connectivity index (χ0v) is 19.5. The molecule has 1 saturated heterocycles. The molecule has 7 nitrogen and oxygen atoms in total. The Bertz CT molecular complexity index is 1610. The minimum Gasteiger partial charge on any atom is -0.495 e. The maximum Gasteiger partial charge on any atom is 0.254 e. The van der Waals surface area contributed by atoms with Gasteiger partial charge in [-0.25, -0.2) is 4.98 Å². The van der Waals surface area contributed by atoms with E-state index in [1.807, 2.05) is 70.0 Å². The number of methoxy groups -OCH3 is 1. The molecule has 34 heavy (non-hydrogen) atoms. The number of H-pyrrole nitrogens is 1. The fourth-order valence-corrected chi connectivity index (χ4v) is 5.08. The number of anilines is 1. The highest BCUT2D eigenvalue weighted by Crippen LogP contribution is 2.29. The number of ether oxygens (including phenoxy) is 1. The minimum atomic E-state index is 0.0225. The molecule has 2 aromatic heterocycles. The van der Waals surface area contributed by atoms with Crippen LogP contribution in [0.5, 0.6) is 5.75 Å². The lowest BCUT2D eigenvalue weighted by Crippen LogP contribution is -2.48. The van der Waals surface area contributed by atoms with E-state index in [2.05, 4.69) is 16.0 Å². The summed E-state index contributed by atoms with van der Waals surface area (Å²) in [6, 6.07) is 21.7. The molecular weight excluding hydrogens is 446 g/mol. The first-order valence-electron chi connectivity index (χ1n) is 11.2. The molecule has 1 N–H and O–H groups in total. The van der Waals surface area contributed by atoms with Gasteiger partial charge in [-0.3, -0.25) is 9.20 Å². The molecule has 3 heterocycles. The van der Waals surface area contributed by atoms with Gasteiger partial charge in [0.1, 0.15) is 11.4 Å². The largest absolute Gasteiger partial charge is 0.495 e. The van der Waals surface area contributed by atoms with Gasteiger partial charge in [0.2, 0.25) is 0 Å². The van der Waals surface area contributed by atoms with E-state index in [0.717, 1.165) is 52.1 Å². The number of imidazole rings is 1. The third-order valence-corrected chi connectivity index (χ3v) is 6.79. The fourth-order valence-electron chi connectivity index (χ4n) is 4.78. The highest BCUT2D eigenvalue weighted by Gasteiger charge is 2.24. The van der Waals surface area contributed by atoms with Crippen molar-refractivity contribution in [2.45, 2.75) is 0 Å². The summed E-state index contributed by atoms with van der Waals surface area (Å²) in [7, 11) is 1.68. The Balaban J connectivity index is 1.29. The Morgan fingerprint density at radius 3 is 2.59 bits per heavy atom. The van der Waals surface area contributed by atoms with Crippen LogP contribution in [0.15, 0.2) is 66.7 Å². The number of fused-ring (bicyclic) bond motifs is 5. The second-order valence-corrected chi connectivity index (χ2v) is 8.79. The first kappa shape index (κ1) is 20.7. The van der Waals surface area contributed by atoms with E-state index in [-0.39, 0.29) is 5.91 Å². The van der Waals surface area contributed by atoms with Crippen LogP contribution >= 0.6 is 12.2 Å². The first-order chi connectivity index (χ1) is 16.6. The topological polar surface area (TPSA) is 65.9 Å². The van der Waals surface area contributed by atoms with Crippen LogP contribution < -0.4 is 9.64 Å². The number of benzene rings is 3. The van der Waals surface area contributed by atoms with Gasteiger partial charge < -0.3 is 19.5 Å². The molecule has 0 atom stereocenters. The van der Waals surface area contributed by atoms with Crippen LogP contribution in [0.3, 0.4) is 0 Å². The van der Waals surface area contributed by atoms with E-state index in [0.29, 0.717) is 23.4 Å². The number of hydrogen-bond donors (Lipinski definition) is 1. The van der Waals surface area contributed by atoms with E-state index in [1.54, 1.807) is 7.11 Å². The Kier molecular flexibility index (Phi) is 4.95. The summed E-state index contributed by atoms with van der Waals surface area (Å²) in [5.74, 6) is 0.874. The predicted molar refractivity (Wildman–Crippen MR) is 136 cm³/mol. The maximum atomic E-state index is 13.3. The lowest BCUT2D eigenvalue weighted by molar-refractivity contribution is 0.0747. The number of carbonyl (C=O) groups excluding carboxylic acids is 1. The van der Waals surface area contributed by atoms with Gasteiger partial charge in [0.15, 0.2) is 4.77 Å². The van der Waals surface area contributed by atoms with Crippen LogP contribution in [0.4, 0.5) is 5.69 Å². The average Bonchev–Trinajstić information content (AvgIpc) is 3.28. The van der Waals surface area contributed by atoms with E-state index in [1.165, 1.54) is 0 Å². The number of nitrogens with zero attached hydrogens (tertiary/aromatic N) is 4. The summed E-state index contributed by atoms with van der Waals surface area (Å²) in [6.45, 7) is 2.80. The second kappa shape index (κ2) is 8.14. The molecule has 170 valence electrons. The van der Waals surface area contributed by atoms with Crippen LogP contribution in [-0.2, 0) is 0 Å². The van der Waals surface area contributed by atoms with Crippen molar-refractivity contribution in [3.8, 4) is 5.75 Å². The van der Waals surface area contributed by atoms with Crippen molar-refractivity contribution in [2.75, 3.05) is 38.2 Å². The zero-order valence-electron chi connectivity index (χ0n) is 18.7. The van der Waals surface area contributed by atoms with Crippen molar-refractivity contribution < 1.29 is 9.53 Å². The SMILES string of the molecule is COc1ccccc1N1CCN(C(=O)c2ccc3c(c2)[nH]c(=S)n2c4ccccc4nc32)CC1. The van der Waals surface area contributed by atoms with Gasteiger partial charge in [0, 0.05) is 37.1 Å². The highest BCUT2D eigenvalue weighted by atomic mass is 32.1. The zero-order chi connectivity index (χ0) is 23.2. The lowest BCUT2D eigenvalue weighted by atomic mass is 10.1. The maximum absolute atomic E-state index is 13.3. The Hall–Kier alpha value is -3.91. The van der Waals surface area contributed by atoms with Crippen molar-refractivity contribution in [3.05, 3.63) is 77.1 Å². The number of carbonyl (C=O) groups is 1.